The van der Waals surface area contributed by atoms with Gasteiger partial charge in [0.2, 0.25) is 0 Å². The SMILES string of the molecule is COC(=O)c1cccc(O[C@@H]2C[C@@H]3CN(Cc4ccc(Cl)cn4)C[C@@H]3C[C@H]2O)c1. The van der Waals surface area contributed by atoms with Crippen LogP contribution in [0.2, 0.25) is 5.02 Å². The summed E-state index contributed by atoms with van der Waals surface area (Å²) in [7, 11) is 1.35. The molecule has 1 N–H and O–H groups in total. The number of esters is 1. The maximum atomic E-state index is 11.7. The van der Waals surface area contributed by atoms with Crippen LogP contribution in [0.15, 0.2) is 42.6 Å². The maximum absolute atomic E-state index is 11.7. The zero-order valence-electron chi connectivity index (χ0n) is 16.3. The summed E-state index contributed by atoms with van der Waals surface area (Å²) in [4.78, 5) is 18.5. The molecule has 0 radical (unpaired) electrons. The van der Waals surface area contributed by atoms with Crippen molar-refractivity contribution in [3.05, 3.63) is 58.9 Å². The molecule has 0 bridgehead atoms. The molecule has 154 valence electrons. The van der Waals surface area contributed by atoms with Gasteiger partial charge in [-0.25, -0.2) is 4.79 Å². The lowest BCUT2D eigenvalue weighted by molar-refractivity contribution is -0.0231. The van der Waals surface area contributed by atoms with Gasteiger partial charge in [0, 0.05) is 25.8 Å². The Morgan fingerprint density at radius 3 is 2.76 bits per heavy atom. The minimum atomic E-state index is -0.522. The number of pyridine rings is 1. The molecule has 2 aromatic rings. The molecule has 6 nitrogen and oxygen atoms in total. The zero-order valence-corrected chi connectivity index (χ0v) is 17.1. The number of ether oxygens (including phenoxy) is 2. The van der Waals surface area contributed by atoms with Crippen LogP contribution >= 0.6 is 11.6 Å². The Bertz CT molecular complexity index is 860. The van der Waals surface area contributed by atoms with E-state index < -0.39 is 12.1 Å². The fourth-order valence-corrected chi connectivity index (χ4v) is 4.57. The first kappa shape index (κ1) is 20.1. The highest BCUT2D eigenvalue weighted by molar-refractivity contribution is 6.30. The summed E-state index contributed by atoms with van der Waals surface area (Å²) < 4.78 is 10.8. The number of nitrogens with zero attached hydrogens (tertiary/aromatic N) is 2. The topological polar surface area (TPSA) is 71.9 Å². The monoisotopic (exact) mass is 416 g/mol. The molecule has 1 aromatic carbocycles. The molecule has 1 aromatic heterocycles. The van der Waals surface area contributed by atoms with Crippen LogP contribution in [-0.2, 0) is 11.3 Å². The van der Waals surface area contributed by atoms with Crippen LogP contribution < -0.4 is 4.74 Å². The third-order valence-corrected chi connectivity index (χ3v) is 6.10. The van der Waals surface area contributed by atoms with Crippen molar-refractivity contribution in [2.24, 2.45) is 11.8 Å². The van der Waals surface area contributed by atoms with Crippen molar-refractivity contribution in [2.75, 3.05) is 20.2 Å². The average Bonchev–Trinajstić information content (AvgIpc) is 3.10. The molecule has 2 heterocycles. The maximum Gasteiger partial charge on any atom is 0.337 e. The summed E-state index contributed by atoms with van der Waals surface area (Å²) >= 11 is 5.92. The van der Waals surface area contributed by atoms with Crippen molar-refractivity contribution in [1.29, 1.82) is 0 Å². The molecule has 0 amide bonds. The van der Waals surface area contributed by atoms with Gasteiger partial charge in [0.05, 0.1) is 29.5 Å². The Hall–Kier alpha value is -2.15. The summed E-state index contributed by atoms with van der Waals surface area (Å²) in [6.07, 6.45) is 2.38. The van der Waals surface area contributed by atoms with Crippen molar-refractivity contribution in [3.63, 3.8) is 0 Å². The molecule has 2 fully saturated rings. The molecule has 4 atom stereocenters. The highest BCUT2D eigenvalue weighted by Crippen LogP contribution is 2.38. The Morgan fingerprint density at radius 1 is 1.24 bits per heavy atom. The van der Waals surface area contributed by atoms with Gasteiger partial charge in [-0.3, -0.25) is 9.88 Å². The zero-order chi connectivity index (χ0) is 20.4. The predicted molar refractivity (Wildman–Crippen MR) is 109 cm³/mol. The smallest absolute Gasteiger partial charge is 0.337 e. The molecule has 0 unspecified atom stereocenters. The van der Waals surface area contributed by atoms with Gasteiger partial charge >= 0.3 is 5.97 Å². The number of aliphatic hydroxyl groups is 1. The quantitative estimate of drug-likeness (QED) is 0.755. The van der Waals surface area contributed by atoms with Crippen LogP contribution in [0, 0.1) is 11.8 Å². The van der Waals surface area contributed by atoms with Crippen LogP contribution in [0.4, 0.5) is 0 Å². The Balaban J connectivity index is 1.38. The number of benzene rings is 1. The van der Waals surface area contributed by atoms with E-state index in [1.54, 1.807) is 30.5 Å². The van der Waals surface area contributed by atoms with Gasteiger partial charge in [0.25, 0.3) is 0 Å². The van der Waals surface area contributed by atoms with Crippen molar-refractivity contribution in [1.82, 2.24) is 9.88 Å². The number of aliphatic hydroxyl groups excluding tert-OH is 1. The third kappa shape index (κ3) is 4.71. The molecule has 1 aliphatic heterocycles. The van der Waals surface area contributed by atoms with E-state index >= 15 is 0 Å². The molecule has 29 heavy (non-hydrogen) atoms. The summed E-state index contributed by atoms with van der Waals surface area (Å²) in [5.74, 6) is 1.11. The Morgan fingerprint density at radius 2 is 2.03 bits per heavy atom. The third-order valence-electron chi connectivity index (χ3n) is 5.88. The van der Waals surface area contributed by atoms with Crippen LogP contribution in [0.1, 0.15) is 28.9 Å². The van der Waals surface area contributed by atoms with E-state index in [4.69, 9.17) is 21.1 Å². The summed E-state index contributed by atoms with van der Waals surface area (Å²) in [6, 6.07) is 10.7. The number of hydrogen-bond donors (Lipinski definition) is 1. The van der Waals surface area contributed by atoms with Gasteiger partial charge < -0.3 is 14.6 Å². The summed E-state index contributed by atoms with van der Waals surface area (Å²) in [5, 5.41) is 11.3. The number of halogens is 1. The lowest BCUT2D eigenvalue weighted by atomic mass is 9.78. The molecular weight excluding hydrogens is 392 g/mol. The second-order valence-electron chi connectivity index (χ2n) is 7.90. The molecule has 1 saturated heterocycles. The lowest BCUT2D eigenvalue weighted by Gasteiger charge is -2.35. The van der Waals surface area contributed by atoms with Crippen molar-refractivity contribution in [3.8, 4) is 5.75 Å². The van der Waals surface area contributed by atoms with Crippen molar-refractivity contribution < 1.29 is 19.4 Å². The fourth-order valence-electron chi connectivity index (χ4n) is 4.46. The number of carbonyl (C=O) groups excluding carboxylic acids is 1. The second-order valence-corrected chi connectivity index (χ2v) is 8.33. The number of hydrogen-bond acceptors (Lipinski definition) is 6. The largest absolute Gasteiger partial charge is 0.488 e. The van der Waals surface area contributed by atoms with Crippen molar-refractivity contribution >= 4 is 17.6 Å². The summed E-state index contributed by atoms with van der Waals surface area (Å²) in [6.45, 7) is 2.70. The number of likely N-dealkylation sites (tertiary alicyclic amines) is 1. The van der Waals surface area contributed by atoms with Crippen LogP contribution in [0.25, 0.3) is 0 Å². The number of fused-ring (bicyclic) bond motifs is 1. The first-order valence-electron chi connectivity index (χ1n) is 9.87. The first-order valence-corrected chi connectivity index (χ1v) is 10.3. The number of aromatic nitrogens is 1. The van der Waals surface area contributed by atoms with Crippen LogP contribution in [0.3, 0.4) is 0 Å². The van der Waals surface area contributed by atoms with Gasteiger partial charge in [0.15, 0.2) is 0 Å². The predicted octanol–water partition coefficient (Wildman–Crippen LogP) is 3.17. The molecule has 4 rings (SSSR count). The number of rotatable bonds is 5. The van der Waals surface area contributed by atoms with Crippen LogP contribution in [-0.4, -0.2) is 53.4 Å². The highest BCUT2D eigenvalue weighted by Gasteiger charge is 2.42. The minimum Gasteiger partial charge on any atom is -0.488 e. The van der Waals surface area contributed by atoms with E-state index in [-0.39, 0.29) is 6.10 Å². The van der Waals surface area contributed by atoms with Gasteiger partial charge in [-0.15, -0.1) is 0 Å². The average molecular weight is 417 g/mol. The van der Waals surface area contributed by atoms with E-state index in [2.05, 4.69) is 9.88 Å². The summed E-state index contributed by atoms with van der Waals surface area (Å²) in [5.41, 5.74) is 1.44. The molecule has 1 aliphatic carbocycles. The van der Waals surface area contributed by atoms with Crippen LogP contribution in [0.5, 0.6) is 5.75 Å². The molecule has 0 spiro atoms. The van der Waals surface area contributed by atoms with E-state index in [1.165, 1.54) is 7.11 Å². The van der Waals surface area contributed by atoms with Crippen molar-refractivity contribution in [2.45, 2.75) is 31.6 Å². The van der Waals surface area contributed by atoms with Gasteiger partial charge in [-0.2, -0.15) is 0 Å². The van der Waals surface area contributed by atoms with E-state index in [0.29, 0.717) is 28.2 Å². The Kier molecular flexibility index (Phi) is 6.04. The highest BCUT2D eigenvalue weighted by atomic mass is 35.5. The molecule has 7 heteroatoms. The number of methoxy groups -OCH3 is 1. The van der Waals surface area contributed by atoms with Gasteiger partial charge in [0.1, 0.15) is 11.9 Å². The van der Waals surface area contributed by atoms with E-state index in [0.717, 1.165) is 38.2 Å². The standard InChI is InChI=1S/C22H25ClN2O4/c1-28-22(27)14-3-2-4-19(7-14)29-21-9-16-12-25(11-15(16)8-20(21)26)13-18-6-5-17(23)10-24-18/h2-7,10,15-16,20-21,26H,8-9,11-13H2,1H3/t15-,16+,20+,21+/m0/s1. The Labute approximate surface area is 175 Å². The molecular formula is C22H25ClN2O4. The number of carbonyl (C=O) groups is 1. The minimum absolute atomic E-state index is 0.280. The normalized spacial score (nSPS) is 26.7. The molecule has 1 saturated carbocycles. The first-order chi connectivity index (χ1) is 14.0. The van der Waals surface area contributed by atoms with E-state index in [1.807, 2.05) is 12.1 Å². The lowest BCUT2D eigenvalue weighted by Crippen LogP contribution is -2.42. The van der Waals surface area contributed by atoms with Gasteiger partial charge in [-0.1, -0.05) is 17.7 Å². The van der Waals surface area contributed by atoms with Gasteiger partial charge in [-0.05, 0) is 55.0 Å². The van der Waals surface area contributed by atoms with E-state index in [9.17, 15) is 9.90 Å². The molecule has 2 aliphatic rings. The fraction of sp³-hybridized carbons (Fsp3) is 0.455. The second kappa shape index (κ2) is 8.69.